The molecule has 7 heteroatoms. The van der Waals surface area contributed by atoms with Gasteiger partial charge in [0.25, 0.3) is 0 Å². The highest BCUT2D eigenvalue weighted by atomic mass is 19.2. The van der Waals surface area contributed by atoms with Crippen LogP contribution in [0.3, 0.4) is 0 Å². The van der Waals surface area contributed by atoms with Crippen molar-refractivity contribution in [2.24, 2.45) is 0 Å². The summed E-state index contributed by atoms with van der Waals surface area (Å²) in [4.78, 5) is 22.0. The van der Waals surface area contributed by atoms with Crippen molar-refractivity contribution in [1.29, 1.82) is 0 Å². The van der Waals surface area contributed by atoms with Crippen LogP contribution in [0, 0.1) is 18.6 Å². The number of aromatic hydroxyl groups is 1. The lowest BCUT2D eigenvalue weighted by atomic mass is 10.0. The number of hydrogen-bond acceptors (Lipinski definition) is 4. The Morgan fingerprint density at radius 3 is 2.28 bits per heavy atom. The second-order valence-electron chi connectivity index (χ2n) is 3.46. The average molecular weight is 262 g/mol. The van der Waals surface area contributed by atoms with Crippen LogP contribution in [0.1, 0.15) is 22.8 Å². The van der Waals surface area contributed by atoms with E-state index in [0.29, 0.717) is 0 Å². The van der Waals surface area contributed by atoms with Crippen molar-refractivity contribution in [3.63, 3.8) is 0 Å². The predicted molar refractivity (Wildman–Crippen MR) is 54.4 cm³/mol. The Morgan fingerprint density at radius 2 is 1.83 bits per heavy atom. The smallest absolute Gasteiger partial charge is 0.308 e. The van der Waals surface area contributed by atoms with Crippen molar-refractivity contribution in [3.8, 4) is 11.5 Å². The molecule has 0 radical (unpaired) electrons. The molecule has 18 heavy (non-hydrogen) atoms. The van der Waals surface area contributed by atoms with Crippen LogP contribution in [0.4, 0.5) is 13.2 Å². The van der Waals surface area contributed by atoms with E-state index >= 15 is 0 Å². The van der Waals surface area contributed by atoms with Gasteiger partial charge in [0.1, 0.15) is 5.56 Å². The first-order valence-electron chi connectivity index (χ1n) is 4.79. The first-order chi connectivity index (χ1) is 8.31. The molecule has 1 N–H and O–H groups in total. The molecule has 0 fully saturated rings. The van der Waals surface area contributed by atoms with E-state index < -0.39 is 47.1 Å². The van der Waals surface area contributed by atoms with E-state index in [-0.39, 0.29) is 5.56 Å². The molecule has 0 saturated carbocycles. The molecule has 0 unspecified atom stereocenters. The summed E-state index contributed by atoms with van der Waals surface area (Å²) in [6.45, 7) is 0.474. The number of carbonyl (C=O) groups excluding carboxylic acids is 2. The van der Waals surface area contributed by atoms with Crippen LogP contribution in [0.2, 0.25) is 0 Å². The van der Waals surface area contributed by atoms with Gasteiger partial charge in [-0.1, -0.05) is 0 Å². The Hall–Kier alpha value is -2.05. The molecule has 1 rings (SSSR count). The molecule has 1 aromatic rings. The molecular formula is C11H9F3O4. The van der Waals surface area contributed by atoms with Crippen molar-refractivity contribution < 1.29 is 32.6 Å². The van der Waals surface area contributed by atoms with E-state index in [4.69, 9.17) is 0 Å². The average Bonchev–Trinajstić information content (AvgIpc) is 2.32. The minimum Gasteiger partial charge on any atom is -0.504 e. The second-order valence-corrected chi connectivity index (χ2v) is 3.46. The molecule has 0 spiro atoms. The SMILES string of the molecule is CC(=O)Oc1c(C)c(O)c(F)c(F)c1C(=O)CF. The molecule has 1 aromatic carbocycles. The number of carbonyl (C=O) groups is 2. The van der Waals surface area contributed by atoms with E-state index in [2.05, 4.69) is 4.74 Å². The summed E-state index contributed by atoms with van der Waals surface area (Å²) >= 11 is 0. The topological polar surface area (TPSA) is 63.6 Å². The Morgan fingerprint density at radius 1 is 1.28 bits per heavy atom. The summed E-state index contributed by atoms with van der Waals surface area (Å²) in [5.41, 5.74) is -1.39. The Bertz CT molecular complexity index is 526. The van der Waals surface area contributed by atoms with E-state index in [9.17, 15) is 27.9 Å². The summed E-state index contributed by atoms with van der Waals surface area (Å²) in [6, 6.07) is 0. The number of rotatable bonds is 3. The lowest BCUT2D eigenvalue weighted by molar-refractivity contribution is -0.131. The van der Waals surface area contributed by atoms with Gasteiger partial charge >= 0.3 is 5.97 Å². The Kier molecular flexibility index (Phi) is 3.95. The zero-order valence-electron chi connectivity index (χ0n) is 9.51. The molecule has 0 aliphatic heterocycles. The Balaban J connectivity index is 3.63. The number of halogens is 3. The first-order valence-corrected chi connectivity index (χ1v) is 4.79. The van der Waals surface area contributed by atoms with Crippen LogP contribution in [0.15, 0.2) is 0 Å². The van der Waals surface area contributed by atoms with Gasteiger partial charge in [0.05, 0.1) is 0 Å². The highest BCUT2D eigenvalue weighted by Crippen LogP contribution is 2.36. The summed E-state index contributed by atoms with van der Waals surface area (Å²) < 4.78 is 43.5. The number of esters is 1. The van der Waals surface area contributed by atoms with Gasteiger partial charge in [-0.05, 0) is 6.92 Å². The minimum absolute atomic E-state index is 0.360. The van der Waals surface area contributed by atoms with Crippen LogP contribution in [-0.2, 0) is 4.79 Å². The highest BCUT2D eigenvalue weighted by Gasteiger charge is 2.28. The number of phenols is 1. The molecule has 0 aliphatic rings. The lowest BCUT2D eigenvalue weighted by Crippen LogP contribution is -2.14. The number of phenolic OH excluding ortho intramolecular Hbond substituents is 1. The van der Waals surface area contributed by atoms with Gasteiger partial charge in [-0.15, -0.1) is 0 Å². The minimum atomic E-state index is -1.75. The van der Waals surface area contributed by atoms with E-state index in [1.807, 2.05) is 0 Å². The monoisotopic (exact) mass is 262 g/mol. The zero-order valence-corrected chi connectivity index (χ0v) is 9.51. The highest BCUT2D eigenvalue weighted by molar-refractivity contribution is 6.01. The molecule has 98 valence electrons. The van der Waals surface area contributed by atoms with Crippen LogP contribution < -0.4 is 4.74 Å². The Labute approximate surface area is 100.0 Å². The maximum atomic E-state index is 13.5. The van der Waals surface area contributed by atoms with Crippen molar-refractivity contribution in [3.05, 3.63) is 22.8 Å². The number of alkyl halides is 1. The summed E-state index contributed by atoms with van der Waals surface area (Å²) in [5, 5.41) is 9.25. The molecule has 0 aliphatic carbocycles. The van der Waals surface area contributed by atoms with Crippen molar-refractivity contribution in [2.45, 2.75) is 13.8 Å². The van der Waals surface area contributed by atoms with Crippen molar-refractivity contribution in [2.75, 3.05) is 6.67 Å². The molecular weight excluding hydrogens is 253 g/mol. The van der Waals surface area contributed by atoms with Crippen LogP contribution in [0.5, 0.6) is 11.5 Å². The maximum absolute atomic E-state index is 13.5. The first kappa shape index (κ1) is 14.0. The van der Waals surface area contributed by atoms with Gasteiger partial charge in [-0.2, -0.15) is 4.39 Å². The normalized spacial score (nSPS) is 10.3. The van der Waals surface area contributed by atoms with Gasteiger partial charge in [0.2, 0.25) is 11.6 Å². The van der Waals surface area contributed by atoms with E-state index in [1.54, 1.807) is 0 Å². The molecule has 0 bridgehead atoms. The van der Waals surface area contributed by atoms with E-state index in [1.165, 1.54) is 0 Å². The van der Waals surface area contributed by atoms with Crippen LogP contribution in [0.25, 0.3) is 0 Å². The van der Waals surface area contributed by atoms with Crippen LogP contribution in [-0.4, -0.2) is 23.5 Å². The van der Waals surface area contributed by atoms with Gasteiger partial charge in [-0.3, -0.25) is 9.59 Å². The molecule has 4 nitrogen and oxygen atoms in total. The molecule has 0 atom stereocenters. The number of Topliss-reactive ketones (excluding diaryl/α,β-unsaturated/α-hetero) is 1. The van der Waals surface area contributed by atoms with Crippen molar-refractivity contribution in [1.82, 2.24) is 0 Å². The number of benzene rings is 1. The maximum Gasteiger partial charge on any atom is 0.308 e. The number of ether oxygens (including phenoxy) is 1. The van der Waals surface area contributed by atoms with Gasteiger partial charge < -0.3 is 9.84 Å². The number of hydrogen-bond donors (Lipinski definition) is 1. The van der Waals surface area contributed by atoms with Gasteiger partial charge in [0, 0.05) is 12.5 Å². The van der Waals surface area contributed by atoms with Crippen LogP contribution >= 0.6 is 0 Å². The van der Waals surface area contributed by atoms with Gasteiger partial charge in [-0.25, -0.2) is 8.78 Å². The lowest BCUT2D eigenvalue weighted by Gasteiger charge is -2.13. The summed E-state index contributed by atoms with van der Waals surface area (Å²) in [5.74, 6) is -7.53. The molecule has 0 amide bonds. The summed E-state index contributed by atoms with van der Waals surface area (Å²) in [6.07, 6.45) is 0. The third-order valence-corrected chi connectivity index (χ3v) is 2.19. The quantitative estimate of drug-likeness (QED) is 0.514. The standard InChI is InChI=1S/C11H9F3O4/c1-4-10(17)9(14)8(13)7(6(16)3-12)11(4)18-5(2)15/h17H,3H2,1-2H3. The van der Waals surface area contributed by atoms with Crippen molar-refractivity contribution >= 4 is 11.8 Å². The van der Waals surface area contributed by atoms with Gasteiger partial charge in [0.15, 0.2) is 24.0 Å². The second kappa shape index (κ2) is 5.07. The predicted octanol–water partition coefficient (Wildman–Crippen LogP) is 2.06. The fourth-order valence-electron chi connectivity index (χ4n) is 1.36. The fraction of sp³-hybridized carbons (Fsp3) is 0.273. The van der Waals surface area contributed by atoms with E-state index in [0.717, 1.165) is 13.8 Å². The molecule has 0 heterocycles. The third-order valence-electron chi connectivity index (χ3n) is 2.19. The largest absolute Gasteiger partial charge is 0.504 e. The molecule has 0 saturated heterocycles. The fourth-order valence-corrected chi connectivity index (χ4v) is 1.36. The number of ketones is 1. The third kappa shape index (κ3) is 2.29. The summed E-state index contributed by atoms with van der Waals surface area (Å²) in [7, 11) is 0. The molecule has 0 aromatic heterocycles. The zero-order chi connectivity index (χ0) is 14.0.